The topological polar surface area (TPSA) is 231 Å². The molecule has 6 aromatic rings. The number of aliphatic hydroxyl groups is 1. The maximum absolute atomic E-state index is 10.9. The van der Waals surface area contributed by atoms with Gasteiger partial charge in [0.15, 0.2) is 16.6 Å². The van der Waals surface area contributed by atoms with Crippen molar-refractivity contribution in [3.8, 4) is 0 Å². The molecule has 0 radical (unpaired) electrons. The molecule has 0 unspecified atom stereocenters. The maximum atomic E-state index is 10.9. The van der Waals surface area contributed by atoms with Gasteiger partial charge in [-0.3, -0.25) is 10.1 Å². The summed E-state index contributed by atoms with van der Waals surface area (Å²) in [5, 5.41) is 36.3. The third-order valence-electron chi connectivity index (χ3n) is 5.13. The van der Waals surface area contributed by atoms with Gasteiger partial charge in [-0.1, -0.05) is 47.5 Å². The summed E-state index contributed by atoms with van der Waals surface area (Å²) >= 11 is 11.5. The van der Waals surface area contributed by atoms with Gasteiger partial charge in [0.05, 0.1) is 43.4 Å². The van der Waals surface area contributed by atoms with E-state index >= 15 is 0 Å². The van der Waals surface area contributed by atoms with Gasteiger partial charge in [0.1, 0.15) is 0 Å². The normalized spacial score (nSPS) is 9.95. The third-order valence-corrected chi connectivity index (χ3v) is 5.74. The van der Waals surface area contributed by atoms with E-state index in [9.17, 15) is 10.1 Å². The van der Waals surface area contributed by atoms with Crippen LogP contribution < -0.4 is 22.5 Å². The van der Waals surface area contributed by atoms with Crippen molar-refractivity contribution < 1.29 is 19.3 Å². The fraction of sp³-hybridized carbons (Fsp3) is 0.0400. The van der Waals surface area contributed by atoms with E-state index in [1.807, 2.05) is 24.3 Å². The Bertz CT molecular complexity index is 1700. The second-order valence-electron chi connectivity index (χ2n) is 7.68. The van der Waals surface area contributed by atoms with Crippen LogP contribution in [0.3, 0.4) is 0 Å². The molecule has 0 atom stereocenters. The lowest BCUT2D eigenvalue weighted by Crippen LogP contribution is -1.97. The molecule has 0 fully saturated rings. The fourth-order valence-electron chi connectivity index (χ4n) is 3.17. The SMILES string of the molecule is CO.Clc1ccc(Cl)c2nonc12.Nc1ccccc1N.Nc1ccccc1Nc1ccc([N+](=O)[O-])c2nonc12. The average molecular weight is 600 g/mol. The van der Waals surface area contributed by atoms with E-state index in [0.717, 1.165) is 7.11 Å². The van der Waals surface area contributed by atoms with E-state index in [2.05, 4.69) is 35.2 Å². The van der Waals surface area contributed by atoms with Crippen LogP contribution in [0, 0.1) is 10.1 Å². The number of nitro benzene ring substituents is 1. The number of nitro groups is 1. The molecule has 4 aromatic carbocycles. The number of nitrogen functional groups attached to an aromatic ring is 3. The molecular formula is C25H23Cl2N9O5. The van der Waals surface area contributed by atoms with Gasteiger partial charge in [-0.15, -0.1) is 0 Å². The molecule has 2 aromatic heterocycles. The highest BCUT2D eigenvalue weighted by Gasteiger charge is 2.19. The quantitative estimate of drug-likeness (QED) is 0.0968. The van der Waals surface area contributed by atoms with Crippen molar-refractivity contribution in [3.05, 3.63) is 93.0 Å². The smallest absolute Gasteiger partial charge is 0.300 e. The minimum absolute atomic E-state index is 0.0921. The first kappa shape index (κ1) is 30.4. The van der Waals surface area contributed by atoms with E-state index in [-0.39, 0.29) is 16.7 Å². The van der Waals surface area contributed by atoms with Crippen LogP contribution in [0.25, 0.3) is 22.1 Å². The number of para-hydroxylation sites is 4. The van der Waals surface area contributed by atoms with Crippen LogP contribution in [0.15, 0.2) is 82.1 Å². The van der Waals surface area contributed by atoms with Gasteiger partial charge in [-0.25, -0.2) is 9.26 Å². The number of nitrogens with two attached hydrogens (primary N) is 3. The minimum Gasteiger partial charge on any atom is -0.400 e. The van der Waals surface area contributed by atoms with Crippen molar-refractivity contribution in [1.82, 2.24) is 20.6 Å². The summed E-state index contributed by atoms with van der Waals surface area (Å²) in [6.07, 6.45) is 0. The molecule has 16 heteroatoms. The highest BCUT2D eigenvalue weighted by Crippen LogP contribution is 2.32. The first-order valence-electron chi connectivity index (χ1n) is 11.4. The molecule has 2 heterocycles. The summed E-state index contributed by atoms with van der Waals surface area (Å²) in [6.45, 7) is 0. The zero-order valence-electron chi connectivity index (χ0n) is 21.2. The Hall–Kier alpha value is -5.18. The van der Waals surface area contributed by atoms with Crippen molar-refractivity contribution in [2.75, 3.05) is 29.6 Å². The summed E-state index contributed by atoms with van der Waals surface area (Å²) in [7, 11) is 1.00. The monoisotopic (exact) mass is 599 g/mol. The van der Waals surface area contributed by atoms with Gasteiger partial charge in [0.25, 0.3) is 0 Å². The van der Waals surface area contributed by atoms with Gasteiger partial charge >= 0.3 is 5.69 Å². The molecule has 14 nitrogen and oxygen atoms in total. The van der Waals surface area contributed by atoms with E-state index in [4.69, 9.17) is 45.5 Å². The van der Waals surface area contributed by atoms with Crippen LogP contribution in [-0.2, 0) is 0 Å². The van der Waals surface area contributed by atoms with E-state index < -0.39 is 4.92 Å². The van der Waals surface area contributed by atoms with Gasteiger partial charge in [0.2, 0.25) is 5.52 Å². The van der Waals surface area contributed by atoms with Crippen molar-refractivity contribution in [3.63, 3.8) is 0 Å². The number of aliphatic hydroxyl groups excluding tert-OH is 1. The lowest BCUT2D eigenvalue weighted by atomic mass is 10.2. The number of nitrogens with one attached hydrogen (secondary N) is 1. The van der Waals surface area contributed by atoms with Gasteiger partial charge in [-0.05, 0) is 63.1 Å². The second kappa shape index (κ2) is 14.3. The van der Waals surface area contributed by atoms with Gasteiger partial charge in [-0.2, -0.15) is 0 Å². The highest BCUT2D eigenvalue weighted by atomic mass is 35.5. The molecule has 6 rings (SSSR count). The Kier molecular flexibility index (Phi) is 10.6. The zero-order chi connectivity index (χ0) is 29.9. The molecule has 8 N–H and O–H groups in total. The summed E-state index contributed by atoms with van der Waals surface area (Å²) in [6, 6.07) is 20.6. The van der Waals surface area contributed by atoms with Gasteiger partial charge in [0, 0.05) is 13.2 Å². The van der Waals surface area contributed by atoms with Crippen molar-refractivity contribution >= 4 is 79.4 Å². The van der Waals surface area contributed by atoms with Crippen LogP contribution >= 0.6 is 23.2 Å². The molecule has 212 valence electrons. The number of anilines is 5. The van der Waals surface area contributed by atoms with E-state index in [1.54, 1.807) is 36.4 Å². The molecule has 0 aliphatic carbocycles. The Morgan fingerprint density at radius 2 is 1.15 bits per heavy atom. The first-order valence-corrected chi connectivity index (χ1v) is 12.1. The number of halogens is 2. The molecule has 0 saturated carbocycles. The molecule has 41 heavy (non-hydrogen) atoms. The number of aromatic nitrogens is 4. The number of non-ortho nitro benzene ring substituents is 1. The van der Waals surface area contributed by atoms with Crippen LogP contribution in [0.2, 0.25) is 10.0 Å². The van der Waals surface area contributed by atoms with E-state index in [1.165, 1.54) is 12.1 Å². The maximum Gasteiger partial charge on any atom is 0.300 e. The summed E-state index contributed by atoms with van der Waals surface area (Å²) in [5.41, 5.74) is 20.9. The number of hydrogen-bond acceptors (Lipinski definition) is 13. The van der Waals surface area contributed by atoms with Crippen LogP contribution in [-0.4, -0.2) is 37.8 Å². The van der Waals surface area contributed by atoms with E-state index in [0.29, 0.717) is 49.5 Å². The van der Waals surface area contributed by atoms with Crippen LogP contribution in [0.1, 0.15) is 0 Å². The lowest BCUT2D eigenvalue weighted by Gasteiger charge is -2.08. The molecule has 0 amide bonds. The Morgan fingerprint density at radius 3 is 1.63 bits per heavy atom. The second-order valence-corrected chi connectivity index (χ2v) is 8.50. The minimum atomic E-state index is -0.535. The lowest BCUT2D eigenvalue weighted by molar-refractivity contribution is -0.383. The molecule has 0 bridgehead atoms. The van der Waals surface area contributed by atoms with Crippen molar-refractivity contribution in [2.45, 2.75) is 0 Å². The predicted octanol–water partition coefficient (Wildman–Crippen LogP) is 5.45. The summed E-state index contributed by atoms with van der Waals surface area (Å²) < 4.78 is 9.05. The van der Waals surface area contributed by atoms with Crippen molar-refractivity contribution in [1.29, 1.82) is 0 Å². The molecular weight excluding hydrogens is 577 g/mol. The first-order chi connectivity index (χ1) is 19.8. The number of nitrogens with zero attached hydrogens (tertiary/aromatic N) is 5. The molecule has 0 spiro atoms. The van der Waals surface area contributed by atoms with Crippen molar-refractivity contribution in [2.24, 2.45) is 0 Å². The Labute approximate surface area is 241 Å². The summed E-state index contributed by atoms with van der Waals surface area (Å²) in [4.78, 5) is 10.4. The fourth-order valence-corrected chi connectivity index (χ4v) is 3.55. The van der Waals surface area contributed by atoms with Gasteiger partial charge < -0.3 is 27.6 Å². The average Bonchev–Trinajstić information content (AvgIpc) is 3.67. The number of hydrogen-bond donors (Lipinski definition) is 5. The molecule has 0 aliphatic heterocycles. The standard InChI is InChI=1S/C12H9N5O3.C6H2Cl2N2O.C6H8N2.CH4O/c13-7-3-1-2-4-8(7)14-9-5-6-10(17(18)19)12-11(9)15-20-16-12;7-3-1-2-4(8)6-5(3)9-11-10-6;7-5-3-1-2-4-6(5)8;1-2/h1-6,14H,13H2;1-2H;1-4H,7-8H2;2H,1H3. The van der Waals surface area contributed by atoms with Crippen LogP contribution in [0.4, 0.5) is 34.1 Å². The Balaban J connectivity index is 0.000000184. The number of benzene rings is 4. The highest BCUT2D eigenvalue weighted by molar-refractivity contribution is 6.39. The number of rotatable bonds is 3. The summed E-state index contributed by atoms with van der Waals surface area (Å²) in [5.74, 6) is 0. The Morgan fingerprint density at radius 1 is 0.683 bits per heavy atom. The predicted molar refractivity (Wildman–Crippen MR) is 158 cm³/mol. The third kappa shape index (κ3) is 7.48. The largest absolute Gasteiger partial charge is 0.400 e. The zero-order valence-corrected chi connectivity index (χ0v) is 22.7. The van der Waals surface area contributed by atoms with Crippen LogP contribution in [0.5, 0.6) is 0 Å². The number of fused-ring (bicyclic) bond motifs is 2. The molecule has 0 aliphatic rings. The molecule has 0 saturated heterocycles.